The van der Waals surface area contributed by atoms with Crippen molar-refractivity contribution in [2.75, 3.05) is 0 Å². The molecule has 0 N–H and O–H groups in total. The fourth-order valence-corrected chi connectivity index (χ4v) is 3.59. The Bertz CT molecular complexity index is 990. The Kier molecular flexibility index (Phi) is 4.33. The molecule has 0 spiro atoms. The van der Waals surface area contributed by atoms with E-state index in [1.54, 1.807) is 23.0 Å². The van der Waals surface area contributed by atoms with E-state index < -0.39 is 0 Å². The van der Waals surface area contributed by atoms with E-state index in [9.17, 15) is 4.79 Å². The predicted molar refractivity (Wildman–Crippen MR) is 91.5 cm³/mol. The number of halogens is 1. The number of thiazole rings is 1. The molecule has 0 aliphatic carbocycles. The van der Waals surface area contributed by atoms with Crippen LogP contribution < -0.4 is 4.80 Å². The summed E-state index contributed by atoms with van der Waals surface area (Å²) in [5, 5.41) is 4.73. The second-order valence-electron chi connectivity index (χ2n) is 4.74. The third-order valence-corrected chi connectivity index (χ3v) is 4.60. The molecule has 23 heavy (non-hydrogen) atoms. The van der Waals surface area contributed by atoms with Crippen LogP contribution in [0.2, 0.25) is 5.02 Å². The molecule has 0 saturated heterocycles. The lowest BCUT2D eigenvalue weighted by molar-refractivity contribution is 0.0987. The third kappa shape index (κ3) is 2.93. The molecule has 1 aromatic carbocycles. The Morgan fingerprint density at radius 1 is 1.48 bits per heavy atom. The van der Waals surface area contributed by atoms with Gasteiger partial charge >= 0.3 is 0 Å². The van der Waals surface area contributed by atoms with Crippen molar-refractivity contribution < 1.29 is 4.79 Å². The largest absolute Gasteiger partial charge is 0.305 e. The first-order valence-electron chi connectivity index (χ1n) is 6.97. The number of hydrogen-bond acceptors (Lipinski definition) is 3. The lowest BCUT2D eigenvalue weighted by Crippen LogP contribution is -2.18. The van der Waals surface area contributed by atoms with Gasteiger partial charge in [0.05, 0.1) is 16.8 Å². The fraction of sp³-hybridized carbons (Fsp3) is 0.188. The maximum absolute atomic E-state index is 12.4. The number of fused-ring (bicyclic) bond motifs is 1. The van der Waals surface area contributed by atoms with Crippen LogP contribution in [0.1, 0.15) is 17.4 Å². The highest BCUT2D eigenvalue weighted by Gasteiger charge is 2.12. The van der Waals surface area contributed by atoms with Crippen molar-refractivity contribution in [3.63, 3.8) is 0 Å². The highest BCUT2D eigenvalue weighted by atomic mass is 35.5. The molecule has 1 amide bonds. The monoisotopic (exact) mass is 344 g/mol. The van der Waals surface area contributed by atoms with Crippen LogP contribution in [0.25, 0.3) is 10.2 Å². The first kappa shape index (κ1) is 15.5. The molecule has 3 aromatic rings. The number of rotatable bonds is 3. The predicted octanol–water partition coefficient (Wildman–Crippen LogP) is 2.95. The summed E-state index contributed by atoms with van der Waals surface area (Å²) in [6.45, 7) is 2.86. The molecule has 3 rings (SSSR count). The molecule has 0 atom stereocenters. The maximum atomic E-state index is 12.4. The Morgan fingerprint density at radius 2 is 2.30 bits per heavy atom. The molecule has 5 nitrogen and oxygen atoms in total. The van der Waals surface area contributed by atoms with Gasteiger partial charge in [0.2, 0.25) is 0 Å². The maximum Gasteiger partial charge on any atom is 0.297 e. The Balaban J connectivity index is 2.16. The molecular weight excluding hydrogens is 332 g/mol. The van der Waals surface area contributed by atoms with Crippen molar-refractivity contribution in [3.8, 4) is 12.3 Å². The third-order valence-electron chi connectivity index (χ3n) is 3.33. The Labute approximate surface area is 141 Å². The van der Waals surface area contributed by atoms with Crippen LogP contribution >= 0.6 is 22.9 Å². The van der Waals surface area contributed by atoms with Crippen molar-refractivity contribution in [3.05, 3.63) is 46.0 Å². The summed E-state index contributed by atoms with van der Waals surface area (Å²) in [6, 6.07) is 7.17. The Morgan fingerprint density at radius 3 is 3.04 bits per heavy atom. The molecule has 0 fully saturated rings. The van der Waals surface area contributed by atoms with Gasteiger partial charge in [-0.05, 0) is 31.2 Å². The zero-order chi connectivity index (χ0) is 16.4. The highest BCUT2D eigenvalue weighted by molar-refractivity contribution is 7.16. The molecule has 116 valence electrons. The van der Waals surface area contributed by atoms with Gasteiger partial charge in [-0.15, -0.1) is 6.42 Å². The second-order valence-corrected chi connectivity index (χ2v) is 6.18. The molecule has 0 unspecified atom stereocenters. The van der Waals surface area contributed by atoms with Gasteiger partial charge in [0.1, 0.15) is 5.69 Å². The number of carbonyl (C=O) groups is 1. The molecule has 0 aliphatic rings. The van der Waals surface area contributed by atoms with Crippen LogP contribution in [0.4, 0.5) is 0 Å². The normalized spacial score (nSPS) is 11.8. The first-order chi connectivity index (χ1) is 11.1. The topological polar surface area (TPSA) is 52.2 Å². The summed E-state index contributed by atoms with van der Waals surface area (Å²) in [4.78, 5) is 17.2. The van der Waals surface area contributed by atoms with Gasteiger partial charge in [0, 0.05) is 17.8 Å². The second kappa shape index (κ2) is 6.41. The van der Waals surface area contributed by atoms with Crippen LogP contribution in [0, 0.1) is 12.3 Å². The minimum atomic E-state index is -0.340. The van der Waals surface area contributed by atoms with Gasteiger partial charge in [-0.2, -0.15) is 10.1 Å². The van der Waals surface area contributed by atoms with Crippen molar-refractivity contribution in [2.24, 2.45) is 4.99 Å². The quantitative estimate of drug-likeness (QED) is 0.686. The lowest BCUT2D eigenvalue weighted by atomic mass is 10.3. The average molecular weight is 345 g/mol. The number of carbonyl (C=O) groups excluding carboxylic acids is 1. The first-order valence-corrected chi connectivity index (χ1v) is 8.16. The van der Waals surface area contributed by atoms with Gasteiger partial charge < -0.3 is 4.57 Å². The SMILES string of the molecule is C#CCn1c(=NC(=O)c2ccnn2CC)sc2cc(Cl)ccc21. The van der Waals surface area contributed by atoms with Crippen molar-refractivity contribution in [1.29, 1.82) is 0 Å². The van der Waals surface area contributed by atoms with Gasteiger partial charge in [-0.1, -0.05) is 28.9 Å². The average Bonchev–Trinajstić information content (AvgIpc) is 3.12. The summed E-state index contributed by atoms with van der Waals surface area (Å²) in [5.74, 6) is 2.26. The summed E-state index contributed by atoms with van der Waals surface area (Å²) in [6.07, 6.45) is 7.04. The summed E-state index contributed by atoms with van der Waals surface area (Å²) >= 11 is 7.41. The van der Waals surface area contributed by atoms with Crippen LogP contribution in [-0.4, -0.2) is 20.3 Å². The number of aryl methyl sites for hydroxylation is 1. The van der Waals surface area contributed by atoms with Crippen LogP contribution in [0.3, 0.4) is 0 Å². The van der Waals surface area contributed by atoms with Crippen molar-refractivity contribution >= 4 is 39.1 Å². The van der Waals surface area contributed by atoms with E-state index in [1.807, 2.05) is 23.6 Å². The standard InChI is InChI=1S/C16H13ClN4OS/c1-3-9-20-12-6-5-11(17)10-14(12)23-16(20)19-15(22)13-7-8-18-21(13)4-2/h1,5-8,10H,4,9H2,2H3. The molecule has 2 aromatic heterocycles. The Hall–Kier alpha value is -2.36. The van der Waals surface area contributed by atoms with E-state index in [1.165, 1.54) is 11.3 Å². The van der Waals surface area contributed by atoms with E-state index in [0.717, 1.165) is 10.2 Å². The highest BCUT2D eigenvalue weighted by Crippen LogP contribution is 2.21. The van der Waals surface area contributed by atoms with E-state index in [2.05, 4.69) is 16.0 Å². The number of aromatic nitrogens is 3. The fourth-order valence-electron chi connectivity index (χ4n) is 2.29. The number of amides is 1. The van der Waals surface area contributed by atoms with Gasteiger partial charge in [-0.25, -0.2) is 0 Å². The van der Waals surface area contributed by atoms with Crippen molar-refractivity contribution in [1.82, 2.24) is 14.3 Å². The molecule has 7 heteroatoms. The molecule has 0 radical (unpaired) electrons. The summed E-state index contributed by atoms with van der Waals surface area (Å²) in [7, 11) is 0. The molecule has 2 heterocycles. The minimum Gasteiger partial charge on any atom is -0.305 e. The van der Waals surface area contributed by atoms with Crippen LogP contribution in [0.5, 0.6) is 0 Å². The minimum absolute atomic E-state index is 0.334. The summed E-state index contributed by atoms with van der Waals surface area (Å²) in [5.41, 5.74) is 1.36. The van der Waals surface area contributed by atoms with Crippen LogP contribution in [0.15, 0.2) is 35.5 Å². The van der Waals surface area contributed by atoms with Crippen LogP contribution in [-0.2, 0) is 13.1 Å². The van der Waals surface area contributed by atoms with Crippen molar-refractivity contribution in [2.45, 2.75) is 20.0 Å². The zero-order valence-corrected chi connectivity index (χ0v) is 13.9. The van der Waals surface area contributed by atoms with Gasteiger partial charge in [0.25, 0.3) is 5.91 Å². The molecule has 0 saturated carbocycles. The molecular formula is C16H13ClN4OS. The number of hydrogen-bond donors (Lipinski definition) is 0. The number of benzene rings is 1. The molecule has 0 bridgehead atoms. The smallest absolute Gasteiger partial charge is 0.297 e. The van der Waals surface area contributed by atoms with E-state index >= 15 is 0 Å². The van der Waals surface area contributed by atoms with E-state index in [-0.39, 0.29) is 5.91 Å². The van der Waals surface area contributed by atoms with E-state index in [4.69, 9.17) is 18.0 Å². The van der Waals surface area contributed by atoms with Gasteiger partial charge in [-0.3, -0.25) is 9.48 Å². The summed E-state index contributed by atoms with van der Waals surface area (Å²) < 4.78 is 4.38. The zero-order valence-electron chi connectivity index (χ0n) is 12.4. The number of nitrogens with zero attached hydrogens (tertiary/aromatic N) is 4. The lowest BCUT2D eigenvalue weighted by Gasteiger charge is -2.01. The molecule has 0 aliphatic heterocycles. The van der Waals surface area contributed by atoms with Gasteiger partial charge in [0.15, 0.2) is 4.80 Å². The number of terminal acetylenes is 1. The van der Waals surface area contributed by atoms with E-state index in [0.29, 0.717) is 28.6 Å².